The molecule has 1 aliphatic rings. The molecular formula is C16H20N4O3. The Bertz CT molecular complexity index is 662. The van der Waals surface area contributed by atoms with Gasteiger partial charge in [0.15, 0.2) is 0 Å². The third-order valence-corrected chi connectivity index (χ3v) is 4.03. The van der Waals surface area contributed by atoms with Crippen LogP contribution in [0.1, 0.15) is 30.0 Å². The van der Waals surface area contributed by atoms with E-state index in [0.717, 1.165) is 25.0 Å². The summed E-state index contributed by atoms with van der Waals surface area (Å²) in [6.45, 7) is 1.51. The molecule has 0 amide bonds. The van der Waals surface area contributed by atoms with Gasteiger partial charge in [0, 0.05) is 25.5 Å². The van der Waals surface area contributed by atoms with Crippen molar-refractivity contribution in [3.63, 3.8) is 0 Å². The fraction of sp³-hybridized carbons (Fsp3) is 0.438. The first-order chi connectivity index (χ1) is 11.1. The molecule has 0 bridgehead atoms. The Balaban J connectivity index is 1.71. The highest BCUT2D eigenvalue weighted by Gasteiger charge is 2.24. The van der Waals surface area contributed by atoms with Crippen molar-refractivity contribution in [2.45, 2.75) is 37.8 Å². The van der Waals surface area contributed by atoms with Gasteiger partial charge in [0.2, 0.25) is 0 Å². The molecule has 7 nitrogen and oxygen atoms in total. The number of hydrogen-bond donors (Lipinski definition) is 2. The molecule has 0 saturated carbocycles. The first kappa shape index (κ1) is 15.5. The highest BCUT2D eigenvalue weighted by atomic mass is 16.5. The minimum atomic E-state index is -0.899. The molecule has 1 fully saturated rings. The van der Waals surface area contributed by atoms with Gasteiger partial charge < -0.3 is 20.1 Å². The van der Waals surface area contributed by atoms with Crippen LogP contribution in [0, 0.1) is 0 Å². The summed E-state index contributed by atoms with van der Waals surface area (Å²) in [7, 11) is 0. The molecule has 23 heavy (non-hydrogen) atoms. The van der Waals surface area contributed by atoms with Crippen molar-refractivity contribution >= 4 is 11.8 Å². The smallest absolute Gasteiger partial charge is 0.312 e. The molecular weight excluding hydrogens is 296 g/mol. The van der Waals surface area contributed by atoms with Crippen molar-refractivity contribution in [1.82, 2.24) is 14.5 Å². The molecule has 2 atom stereocenters. The molecule has 0 radical (unpaired) electrons. The van der Waals surface area contributed by atoms with Crippen LogP contribution in [-0.4, -0.2) is 38.3 Å². The fourth-order valence-corrected chi connectivity index (χ4v) is 2.79. The molecule has 2 unspecified atom stereocenters. The van der Waals surface area contributed by atoms with Gasteiger partial charge in [-0.25, -0.2) is 9.97 Å². The number of carboxylic acid groups (broad SMARTS) is 1. The van der Waals surface area contributed by atoms with Crippen LogP contribution in [0.4, 0.5) is 5.82 Å². The Morgan fingerprint density at radius 2 is 2.35 bits per heavy atom. The van der Waals surface area contributed by atoms with E-state index in [1.807, 2.05) is 4.57 Å². The lowest BCUT2D eigenvalue weighted by molar-refractivity contribution is -0.138. The molecule has 0 spiro atoms. The number of ether oxygens (including phenoxy) is 1. The summed E-state index contributed by atoms with van der Waals surface area (Å²) in [4.78, 5) is 19.9. The number of nitrogens with zero attached hydrogens (tertiary/aromatic N) is 3. The Hall–Kier alpha value is -2.41. The molecule has 2 aromatic rings. The van der Waals surface area contributed by atoms with E-state index >= 15 is 0 Å². The number of carboxylic acids is 1. The summed E-state index contributed by atoms with van der Waals surface area (Å²) in [5, 5.41) is 9.52. The van der Waals surface area contributed by atoms with Gasteiger partial charge >= 0.3 is 5.97 Å². The van der Waals surface area contributed by atoms with Crippen LogP contribution in [0.15, 0.2) is 30.9 Å². The van der Waals surface area contributed by atoms with Crippen molar-refractivity contribution in [3.05, 3.63) is 42.1 Å². The summed E-state index contributed by atoms with van der Waals surface area (Å²) in [5.41, 5.74) is 6.92. The van der Waals surface area contributed by atoms with Gasteiger partial charge in [-0.2, -0.15) is 0 Å². The number of aliphatic carboxylic acids is 1. The maximum atomic E-state index is 11.6. The molecule has 0 aromatic carbocycles. The van der Waals surface area contributed by atoms with Gasteiger partial charge in [-0.15, -0.1) is 0 Å². The minimum Gasteiger partial charge on any atom is -0.481 e. The first-order valence-electron chi connectivity index (χ1n) is 7.68. The molecule has 122 valence electrons. The molecule has 2 aromatic heterocycles. The zero-order valence-corrected chi connectivity index (χ0v) is 12.8. The summed E-state index contributed by atoms with van der Waals surface area (Å²) in [5.74, 6) is -1.18. The second-order valence-corrected chi connectivity index (χ2v) is 5.82. The molecule has 0 aliphatic carbocycles. The third-order valence-electron chi connectivity index (χ3n) is 4.03. The number of carbonyl (C=O) groups is 1. The zero-order chi connectivity index (χ0) is 16.2. The van der Waals surface area contributed by atoms with E-state index in [-0.39, 0.29) is 6.10 Å². The second-order valence-electron chi connectivity index (χ2n) is 5.82. The highest BCUT2D eigenvalue weighted by Crippen LogP contribution is 2.21. The van der Waals surface area contributed by atoms with Gasteiger partial charge in [0.05, 0.1) is 18.1 Å². The highest BCUT2D eigenvalue weighted by molar-refractivity contribution is 5.75. The molecule has 3 N–H and O–H groups in total. The average Bonchev–Trinajstić information content (AvgIpc) is 3.19. The van der Waals surface area contributed by atoms with Gasteiger partial charge in [0.1, 0.15) is 11.7 Å². The number of rotatable bonds is 6. The van der Waals surface area contributed by atoms with E-state index in [2.05, 4.69) is 9.97 Å². The molecule has 1 saturated heterocycles. The van der Waals surface area contributed by atoms with Crippen LogP contribution >= 0.6 is 0 Å². The third kappa shape index (κ3) is 3.87. The summed E-state index contributed by atoms with van der Waals surface area (Å²) in [6, 6.07) is 3.46. The van der Waals surface area contributed by atoms with E-state index in [1.54, 1.807) is 30.9 Å². The zero-order valence-electron chi connectivity index (χ0n) is 12.8. The van der Waals surface area contributed by atoms with Crippen LogP contribution in [0.5, 0.6) is 0 Å². The monoisotopic (exact) mass is 316 g/mol. The number of pyridine rings is 1. The van der Waals surface area contributed by atoms with E-state index in [4.69, 9.17) is 10.5 Å². The number of hydrogen-bond acceptors (Lipinski definition) is 5. The van der Waals surface area contributed by atoms with Gasteiger partial charge in [-0.3, -0.25) is 4.79 Å². The first-order valence-corrected chi connectivity index (χ1v) is 7.68. The lowest BCUT2D eigenvalue weighted by atomic mass is 9.98. The van der Waals surface area contributed by atoms with Crippen LogP contribution in [0.2, 0.25) is 0 Å². The fourth-order valence-electron chi connectivity index (χ4n) is 2.79. The summed E-state index contributed by atoms with van der Waals surface area (Å²) < 4.78 is 7.50. The number of imidazole rings is 1. The Labute approximate surface area is 134 Å². The second kappa shape index (κ2) is 6.78. The van der Waals surface area contributed by atoms with Gasteiger partial charge in [0.25, 0.3) is 0 Å². The number of nitrogen functional groups attached to an aromatic ring is 1. The predicted octanol–water partition coefficient (Wildman–Crippen LogP) is 1.45. The molecule has 3 rings (SSSR count). The van der Waals surface area contributed by atoms with E-state index in [1.165, 1.54) is 0 Å². The molecule has 3 heterocycles. The number of nitrogens with two attached hydrogens (primary N) is 1. The topological polar surface area (TPSA) is 103 Å². The Kier molecular flexibility index (Phi) is 4.57. The SMILES string of the molecule is Nc1ccc(CC(C(=O)O)c2cn(CC3CCCO3)cn2)cn1. The summed E-state index contributed by atoms with van der Waals surface area (Å²) in [6.07, 6.45) is 7.72. The lowest BCUT2D eigenvalue weighted by Crippen LogP contribution is -2.16. The van der Waals surface area contributed by atoms with Crippen LogP contribution in [-0.2, 0) is 22.5 Å². The number of aromatic nitrogens is 3. The standard InChI is InChI=1S/C16H20N4O3/c17-15-4-3-11(7-18-15)6-13(16(21)22)14-9-20(10-19-14)8-12-2-1-5-23-12/h3-4,7,9-10,12-13H,1-2,5-6,8H2,(H2,17,18)(H,21,22). The van der Waals surface area contributed by atoms with Crippen molar-refractivity contribution < 1.29 is 14.6 Å². The molecule has 1 aliphatic heterocycles. The Morgan fingerprint density at radius 1 is 1.48 bits per heavy atom. The van der Waals surface area contributed by atoms with Gasteiger partial charge in [-0.1, -0.05) is 6.07 Å². The largest absolute Gasteiger partial charge is 0.481 e. The predicted molar refractivity (Wildman–Crippen MR) is 83.9 cm³/mol. The van der Waals surface area contributed by atoms with Crippen molar-refractivity contribution in [2.75, 3.05) is 12.3 Å². The summed E-state index contributed by atoms with van der Waals surface area (Å²) >= 11 is 0. The van der Waals surface area contributed by atoms with Crippen LogP contribution < -0.4 is 5.73 Å². The van der Waals surface area contributed by atoms with Crippen molar-refractivity contribution in [2.24, 2.45) is 0 Å². The van der Waals surface area contributed by atoms with Crippen LogP contribution in [0.25, 0.3) is 0 Å². The number of anilines is 1. The van der Waals surface area contributed by atoms with Gasteiger partial charge in [-0.05, 0) is 30.9 Å². The van der Waals surface area contributed by atoms with E-state index in [9.17, 15) is 9.90 Å². The molecule has 7 heteroatoms. The Morgan fingerprint density at radius 3 is 3.00 bits per heavy atom. The minimum absolute atomic E-state index is 0.196. The lowest BCUT2D eigenvalue weighted by Gasteiger charge is -2.11. The normalized spacial score (nSPS) is 18.9. The van der Waals surface area contributed by atoms with E-state index < -0.39 is 11.9 Å². The van der Waals surface area contributed by atoms with Crippen LogP contribution in [0.3, 0.4) is 0 Å². The van der Waals surface area contributed by atoms with Crippen molar-refractivity contribution in [3.8, 4) is 0 Å². The van der Waals surface area contributed by atoms with E-state index in [0.29, 0.717) is 24.5 Å². The maximum Gasteiger partial charge on any atom is 0.312 e. The average molecular weight is 316 g/mol. The quantitative estimate of drug-likeness (QED) is 0.836. The van der Waals surface area contributed by atoms with Crippen molar-refractivity contribution in [1.29, 1.82) is 0 Å². The maximum absolute atomic E-state index is 11.6.